The minimum absolute atomic E-state index is 0.500. The fourth-order valence-corrected chi connectivity index (χ4v) is 3.55. The molecule has 1 saturated heterocycles. The van der Waals surface area contributed by atoms with Crippen LogP contribution in [-0.4, -0.2) is 51.1 Å². The maximum absolute atomic E-state index is 12.3. The summed E-state index contributed by atoms with van der Waals surface area (Å²) in [4.78, 5) is 31.3. The number of carbonyl (C=O) groups excluding carboxylic acids is 2. The Morgan fingerprint density at radius 2 is 1.76 bits per heavy atom. The molecule has 1 aromatic carbocycles. The monoisotopic (exact) mass is 392 g/mol. The van der Waals surface area contributed by atoms with Crippen LogP contribution in [0, 0.1) is 0 Å². The number of para-hydroxylation sites is 1. The Bertz CT molecular complexity index is 1000. The van der Waals surface area contributed by atoms with Gasteiger partial charge < -0.3 is 15.5 Å². The minimum atomic E-state index is -0.746. The summed E-state index contributed by atoms with van der Waals surface area (Å²) in [6.45, 7) is 3.95. The molecule has 8 nitrogen and oxygen atoms in total. The van der Waals surface area contributed by atoms with Crippen molar-refractivity contribution < 1.29 is 9.59 Å². The molecule has 3 aromatic rings. The summed E-state index contributed by atoms with van der Waals surface area (Å²) in [7, 11) is 0. The van der Waals surface area contributed by atoms with Crippen LogP contribution in [0.2, 0.25) is 0 Å². The molecule has 4 rings (SSSR count). The molecule has 2 aromatic heterocycles. The second kappa shape index (κ2) is 8.83. The molecule has 1 aliphatic rings. The molecule has 0 saturated carbocycles. The summed E-state index contributed by atoms with van der Waals surface area (Å²) in [6, 6.07) is 9.15. The zero-order valence-corrected chi connectivity index (χ0v) is 16.2. The third kappa shape index (κ3) is 4.78. The smallest absolute Gasteiger partial charge is 0.314 e. The number of pyridine rings is 1. The first-order valence-electron chi connectivity index (χ1n) is 9.90. The summed E-state index contributed by atoms with van der Waals surface area (Å²) in [6.07, 6.45) is 8.76. The first-order valence-corrected chi connectivity index (χ1v) is 9.90. The first kappa shape index (κ1) is 19.1. The molecule has 1 aliphatic heterocycles. The maximum atomic E-state index is 12.3. The molecule has 0 spiro atoms. The Kier molecular flexibility index (Phi) is 5.81. The van der Waals surface area contributed by atoms with Crippen LogP contribution >= 0.6 is 0 Å². The Labute approximate surface area is 168 Å². The van der Waals surface area contributed by atoms with E-state index in [0.717, 1.165) is 31.6 Å². The van der Waals surface area contributed by atoms with Crippen molar-refractivity contribution in [1.29, 1.82) is 0 Å². The first-order chi connectivity index (χ1) is 14.2. The van der Waals surface area contributed by atoms with Crippen LogP contribution in [0.15, 0.2) is 48.9 Å². The molecule has 1 fully saturated rings. The van der Waals surface area contributed by atoms with E-state index in [4.69, 9.17) is 0 Å². The van der Waals surface area contributed by atoms with Gasteiger partial charge in [0.1, 0.15) is 0 Å². The number of likely N-dealkylation sites (tertiary alicyclic amines) is 1. The van der Waals surface area contributed by atoms with Crippen molar-refractivity contribution in [2.45, 2.75) is 25.8 Å². The molecule has 150 valence electrons. The lowest BCUT2D eigenvalue weighted by molar-refractivity contribution is -0.132. The van der Waals surface area contributed by atoms with Crippen LogP contribution in [0.3, 0.4) is 0 Å². The number of nitrogens with one attached hydrogen (secondary N) is 2. The van der Waals surface area contributed by atoms with Crippen molar-refractivity contribution in [3.8, 4) is 0 Å². The lowest BCUT2D eigenvalue weighted by atomic mass is 10.1. The highest BCUT2D eigenvalue weighted by atomic mass is 16.2. The average Bonchev–Trinajstić information content (AvgIpc) is 3.20. The summed E-state index contributed by atoms with van der Waals surface area (Å²) in [5.74, 6) is -1.49. The molecule has 0 aliphatic carbocycles. The number of nitrogens with zero attached hydrogens (tertiary/aromatic N) is 4. The van der Waals surface area contributed by atoms with Crippen molar-refractivity contribution in [1.82, 2.24) is 19.7 Å². The van der Waals surface area contributed by atoms with Gasteiger partial charge in [0, 0.05) is 24.3 Å². The van der Waals surface area contributed by atoms with E-state index in [-0.39, 0.29) is 0 Å². The third-order valence-electron chi connectivity index (χ3n) is 5.07. The van der Waals surface area contributed by atoms with E-state index >= 15 is 0 Å². The normalized spacial score (nSPS) is 14.6. The lowest BCUT2D eigenvalue weighted by Gasteiger charge is -2.26. The minimum Gasteiger partial charge on any atom is -0.316 e. The van der Waals surface area contributed by atoms with Gasteiger partial charge >= 0.3 is 11.8 Å². The van der Waals surface area contributed by atoms with E-state index in [9.17, 15) is 9.59 Å². The van der Waals surface area contributed by atoms with E-state index < -0.39 is 11.8 Å². The molecular formula is C21H24N6O2. The molecule has 0 bridgehead atoms. The number of fused-ring (bicyclic) bond motifs is 1. The van der Waals surface area contributed by atoms with E-state index in [0.29, 0.717) is 16.9 Å². The fraction of sp³-hybridized carbons (Fsp3) is 0.333. The summed E-state index contributed by atoms with van der Waals surface area (Å²) < 4.78 is 1.79. The number of hydrogen-bond donors (Lipinski definition) is 2. The van der Waals surface area contributed by atoms with E-state index in [1.54, 1.807) is 29.3 Å². The second-order valence-electron chi connectivity index (χ2n) is 7.18. The van der Waals surface area contributed by atoms with E-state index in [2.05, 4.69) is 25.6 Å². The number of rotatable bonds is 5. The van der Waals surface area contributed by atoms with Crippen LogP contribution < -0.4 is 10.6 Å². The van der Waals surface area contributed by atoms with Gasteiger partial charge in [0.2, 0.25) is 0 Å². The SMILES string of the molecule is O=C(Nc1cnn(CCN2CCCCC2)c1)C(=O)Nc1cccc2cccnc12. The third-order valence-corrected chi connectivity index (χ3v) is 5.07. The Balaban J connectivity index is 1.33. The predicted molar refractivity (Wildman–Crippen MR) is 112 cm³/mol. The zero-order chi connectivity index (χ0) is 20.1. The van der Waals surface area contributed by atoms with Crippen LogP contribution in [0.1, 0.15) is 19.3 Å². The quantitative estimate of drug-likeness (QED) is 0.651. The van der Waals surface area contributed by atoms with Crippen LogP contribution in [0.25, 0.3) is 10.9 Å². The topological polar surface area (TPSA) is 92.2 Å². The summed E-state index contributed by atoms with van der Waals surface area (Å²) >= 11 is 0. The zero-order valence-electron chi connectivity index (χ0n) is 16.2. The average molecular weight is 392 g/mol. The molecule has 0 radical (unpaired) electrons. The summed E-state index contributed by atoms with van der Waals surface area (Å²) in [5, 5.41) is 10.4. The van der Waals surface area contributed by atoms with Crippen LogP contribution in [0.5, 0.6) is 0 Å². The molecule has 2 amide bonds. The number of aromatic nitrogens is 3. The number of anilines is 2. The van der Waals surface area contributed by atoms with Gasteiger partial charge in [-0.2, -0.15) is 5.10 Å². The second-order valence-corrected chi connectivity index (χ2v) is 7.18. The standard InChI is InChI=1S/C21H24N6O2/c28-20(21(29)25-18-8-4-6-16-7-5-9-22-19(16)18)24-17-14-23-27(15-17)13-12-26-10-2-1-3-11-26/h4-9,14-15H,1-3,10-13H2,(H,24,28)(H,25,29). The van der Waals surface area contributed by atoms with Gasteiger partial charge in [-0.25, -0.2) is 0 Å². The number of carbonyl (C=O) groups is 2. The van der Waals surface area contributed by atoms with Crippen LogP contribution in [0.4, 0.5) is 11.4 Å². The maximum Gasteiger partial charge on any atom is 0.314 e. The Morgan fingerprint density at radius 3 is 2.62 bits per heavy atom. The highest BCUT2D eigenvalue weighted by Gasteiger charge is 2.16. The predicted octanol–water partition coefficient (Wildman–Crippen LogP) is 2.49. The molecule has 2 N–H and O–H groups in total. The number of benzene rings is 1. The number of amides is 2. The van der Waals surface area contributed by atoms with Crippen molar-refractivity contribution in [2.75, 3.05) is 30.3 Å². The number of hydrogen-bond acceptors (Lipinski definition) is 5. The van der Waals surface area contributed by atoms with Gasteiger partial charge in [-0.05, 0) is 38.1 Å². The molecule has 0 atom stereocenters. The van der Waals surface area contributed by atoms with Crippen LogP contribution in [-0.2, 0) is 16.1 Å². The molecule has 3 heterocycles. The van der Waals surface area contributed by atoms with E-state index in [1.807, 2.05) is 24.3 Å². The van der Waals surface area contributed by atoms with E-state index in [1.165, 1.54) is 19.3 Å². The van der Waals surface area contributed by atoms with Crippen molar-refractivity contribution in [3.63, 3.8) is 0 Å². The van der Waals surface area contributed by atoms with Crippen molar-refractivity contribution >= 4 is 34.1 Å². The number of piperidine rings is 1. The van der Waals surface area contributed by atoms with Gasteiger partial charge in [-0.15, -0.1) is 0 Å². The lowest BCUT2D eigenvalue weighted by Crippen LogP contribution is -2.32. The Hall–Kier alpha value is -3.26. The van der Waals surface area contributed by atoms with Gasteiger partial charge in [0.05, 0.1) is 29.6 Å². The van der Waals surface area contributed by atoms with Gasteiger partial charge in [0.25, 0.3) is 0 Å². The van der Waals surface area contributed by atoms with Crippen molar-refractivity contribution in [2.24, 2.45) is 0 Å². The molecular weight excluding hydrogens is 368 g/mol. The highest BCUT2D eigenvalue weighted by molar-refractivity contribution is 6.44. The fourth-order valence-electron chi connectivity index (χ4n) is 3.55. The van der Waals surface area contributed by atoms with Crippen molar-refractivity contribution in [3.05, 3.63) is 48.9 Å². The highest BCUT2D eigenvalue weighted by Crippen LogP contribution is 2.20. The largest absolute Gasteiger partial charge is 0.316 e. The molecule has 0 unspecified atom stereocenters. The molecule has 8 heteroatoms. The molecule has 29 heavy (non-hydrogen) atoms. The Morgan fingerprint density at radius 1 is 0.966 bits per heavy atom. The van der Waals surface area contributed by atoms with Gasteiger partial charge in [0.15, 0.2) is 0 Å². The van der Waals surface area contributed by atoms with Gasteiger partial charge in [-0.3, -0.25) is 19.3 Å². The summed E-state index contributed by atoms with van der Waals surface area (Å²) in [5.41, 5.74) is 1.64. The van der Waals surface area contributed by atoms with Gasteiger partial charge in [-0.1, -0.05) is 24.6 Å².